The topological polar surface area (TPSA) is 32.5 Å². The van der Waals surface area contributed by atoms with E-state index in [4.69, 9.17) is 4.74 Å². The highest BCUT2D eigenvalue weighted by atomic mass is 19.5. The van der Waals surface area contributed by atoms with Crippen LogP contribution in [0.25, 0.3) is 0 Å². The first-order valence-electron chi connectivity index (χ1n) is 12.0. The van der Waals surface area contributed by atoms with E-state index in [1.165, 1.54) is 0 Å². The third kappa shape index (κ3) is 8.62. The number of carbonyl (C=O) groups is 1. The Morgan fingerprint density at radius 2 is 1.03 bits per heavy atom. The van der Waals surface area contributed by atoms with Gasteiger partial charge in [-0.2, -0.15) is 0 Å². The number of benzene rings is 4. The van der Waals surface area contributed by atoms with E-state index < -0.39 is 7.25 Å². The second kappa shape index (κ2) is 13.8. The van der Waals surface area contributed by atoms with Crippen molar-refractivity contribution in [3.05, 3.63) is 121 Å². The predicted molar refractivity (Wildman–Crippen MR) is 146 cm³/mol. The predicted octanol–water partition coefficient (Wildman–Crippen LogP) is 8.01. The smallest absolute Gasteiger partial charge is 0.447 e. The van der Waals surface area contributed by atoms with Gasteiger partial charge in [0, 0.05) is 35.6 Å². The van der Waals surface area contributed by atoms with Gasteiger partial charge in [-0.15, -0.1) is 4.58 Å². The van der Waals surface area contributed by atoms with Crippen molar-refractivity contribution in [1.82, 2.24) is 4.58 Å². The quantitative estimate of drug-likeness (QED) is 0.0810. The standard InChI is InChI=1S/C29H27N2O2.BF4/c1-2-33-29(31(26-19-11-5-12-20-26)27-21-13-6-14-22-27)23-28(32)30(24-15-7-3-8-16-24)25-17-9-4-10-18-25;2-1(3,4)5/h3-22H,2,23H2,1H3;/q+1;-1. The molecular weight excluding hydrogens is 495 g/mol. The SMILES string of the molecule is CCOC(CC(=O)N(c1ccccc1)c1ccccc1)=[N+](c1ccccc1)c1ccccc1.F[B-](F)(F)F. The zero-order valence-corrected chi connectivity index (χ0v) is 20.8. The molecule has 4 aromatic rings. The molecule has 1 amide bonds. The highest BCUT2D eigenvalue weighted by Crippen LogP contribution is 2.27. The molecule has 4 nitrogen and oxygen atoms in total. The third-order valence-electron chi connectivity index (χ3n) is 5.17. The van der Waals surface area contributed by atoms with Gasteiger partial charge >= 0.3 is 13.2 Å². The number of amides is 1. The lowest BCUT2D eigenvalue weighted by Crippen LogP contribution is -2.32. The molecule has 0 atom stereocenters. The maximum Gasteiger partial charge on any atom is 0.673 e. The van der Waals surface area contributed by atoms with Crippen molar-refractivity contribution in [2.24, 2.45) is 0 Å². The minimum absolute atomic E-state index is 0.0762. The first kappa shape index (κ1) is 28.2. The van der Waals surface area contributed by atoms with Crippen LogP contribution in [-0.4, -0.2) is 25.7 Å². The first-order chi connectivity index (χ1) is 18.3. The average molecular weight is 522 g/mol. The molecule has 38 heavy (non-hydrogen) atoms. The van der Waals surface area contributed by atoms with E-state index in [-0.39, 0.29) is 12.3 Å². The number of rotatable bonds is 7. The van der Waals surface area contributed by atoms with Crippen molar-refractivity contribution in [1.29, 1.82) is 0 Å². The summed E-state index contributed by atoms with van der Waals surface area (Å²) < 4.78 is 47.1. The second-order valence-electron chi connectivity index (χ2n) is 7.91. The molecule has 0 bridgehead atoms. The van der Waals surface area contributed by atoms with Crippen LogP contribution in [0.2, 0.25) is 0 Å². The van der Waals surface area contributed by atoms with Gasteiger partial charge in [0.15, 0.2) is 6.42 Å². The van der Waals surface area contributed by atoms with Gasteiger partial charge in [0.1, 0.15) is 0 Å². The average Bonchev–Trinajstić information content (AvgIpc) is 2.91. The van der Waals surface area contributed by atoms with E-state index in [0.29, 0.717) is 12.5 Å². The summed E-state index contributed by atoms with van der Waals surface area (Å²) in [4.78, 5) is 15.5. The molecule has 0 aliphatic carbocycles. The summed E-state index contributed by atoms with van der Waals surface area (Å²) in [5.74, 6) is 0.504. The van der Waals surface area contributed by atoms with Crippen LogP contribution < -0.4 is 9.48 Å². The molecule has 0 aliphatic heterocycles. The molecule has 196 valence electrons. The summed E-state index contributed by atoms with van der Waals surface area (Å²) in [6, 6.07) is 39.4. The lowest BCUT2D eigenvalue weighted by atomic mass is 10.2. The minimum Gasteiger partial charge on any atom is -0.447 e. The number of nitrogens with zero attached hydrogens (tertiary/aromatic N) is 2. The molecule has 0 unspecified atom stereocenters. The van der Waals surface area contributed by atoms with Crippen LogP contribution in [0.15, 0.2) is 121 Å². The fourth-order valence-corrected chi connectivity index (χ4v) is 3.75. The van der Waals surface area contributed by atoms with Crippen LogP contribution in [0, 0.1) is 0 Å². The van der Waals surface area contributed by atoms with Gasteiger partial charge in [0.05, 0.1) is 6.61 Å². The lowest BCUT2D eigenvalue weighted by molar-refractivity contribution is -0.117. The fourth-order valence-electron chi connectivity index (χ4n) is 3.75. The number of para-hydroxylation sites is 4. The monoisotopic (exact) mass is 522 g/mol. The van der Waals surface area contributed by atoms with Gasteiger partial charge in [0.2, 0.25) is 17.3 Å². The second-order valence-corrected chi connectivity index (χ2v) is 7.91. The van der Waals surface area contributed by atoms with E-state index in [0.717, 1.165) is 22.7 Å². The molecule has 4 rings (SSSR count). The summed E-state index contributed by atoms with van der Waals surface area (Å²) in [7, 11) is -6.00. The van der Waals surface area contributed by atoms with Crippen molar-refractivity contribution < 1.29 is 26.8 Å². The summed E-state index contributed by atoms with van der Waals surface area (Å²) in [5, 5.41) is 0. The number of anilines is 2. The van der Waals surface area contributed by atoms with Crippen LogP contribution in [-0.2, 0) is 9.53 Å². The largest absolute Gasteiger partial charge is 0.673 e. The summed E-state index contributed by atoms with van der Waals surface area (Å²) in [5.41, 5.74) is 3.50. The Morgan fingerprint density at radius 1 is 0.684 bits per heavy atom. The molecule has 0 N–H and O–H groups in total. The zero-order chi connectivity index (χ0) is 27.4. The Labute approximate surface area is 219 Å². The molecule has 0 fully saturated rings. The van der Waals surface area contributed by atoms with Gasteiger partial charge in [0.25, 0.3) is 0 Å². The minimum atomic E-state index is -6.00. The van der Waals surface area contributed by atoms with Crippen molar-refractivity contribution in [3.8, 4) is 0 Å². The number of carbonyl (C=O) groups excluding carboxylic acids is 1. The third-order valence-corrected chi connectivity index (χ3v) is 5.17. The Balaban J connectivity index is 0.000000732. The molecule has 0 saturated carbocycles. The molecule has 0 heterocycles. The van der Waals surface area contributed by atoms with Crippen LogP contribution >= 0.6 is 0 Å². The normalized spacial score (nSPS) is 10.6. The van der Waals surface area contributed by atoms with Crippen LogP contribution in [0.1, 0.15) is 13.3 Å². The van der Waals surface area contributed by atoms with Crippen LogP contribution in [0.4, 0.5) is 40.0 Å². The van der Waals surface area contributed by atoms with Crippen molar-refractivity contribution >= 4 is 41.8 Å². The Kier molecular flexibility index (Phi) is 10.2. The van der Waals surface area contributed by atoms with Crippen molar-refractivity contribution in [2.45, 2.75) is 13.3 Å². The van der Waals surface area contributed by atoms with E-state index in [1.54, 1.807) is 4.90 Å². The van der Waals surface area contributed by atoms with E-state index in [2.05, 4.69) is 0 Å². The fraction of sp³-hybridized carbons (Fsp3) is 0.103. The highest BCUT2D eigenvalue weighted by Gasteiger charge is 2.28. The molecule has 0 saturated heterocycles. The van der Waals surface area contributed by atoms with Crippen LogP contribution in [0.3, 0.4) is 0 Å². The Hall–Kier alpha value is -4.40. The summed E-state index contributed by atoms with van der Waals surface area (Å²) >= 11 is 0. The molecule has 0 aromatic heterocycles. The van der Waals surface area contributed by atoms with E-state index >= 15 is 0 Å². The molecule has 4 aromatic carbocycles. The molecule has 9 heteroatoms. The van der Waals surface area contributed by atoms with Gasteiger partial charge in [-0.1, -0.05) is 72.8 Å². The zero-order valence-electron chi connectivity index (χ0n) is 20.8. The summed E-state index contributed by atoms with van der Waals surface area (Å²) in [6.07, 6.45) is 0.0986. The van der Waals surface area contributed by atoms with Gasteiger partial charge in [-0.05, 0) is 31.2 Å². The van der Waals surface area contributed by atoms with Gasteiger partial charge in [-0.3, -0.25) is 9.69 Å². The van der Waals surface area contributed by atoms with Crippen LogP contribution in [0.5, 0.6) is 0 Å². The number of hydrogen-bond donors (Lipinski definition) is 0. The number of ether oxygens (including phenoxy) is 1. The maximum atomic E-state index is 13.8. The molecule has 0 radical (unpaired) electrons. The van der Waals surface area contributed by atoms with Gasteiger partial charge in [-0.25, -0.2) is 0 Å². The van der Waals surface area contributed by atoms with Crippen molar-refractivity contribution in [2.75, 3.05) is 11.5 Å². The van der Waals surface area contributed by atoms with Gasteiger partial charge < -0.3 is 22.0 Å². The van der Waals surface area contributed by atoms with E-state index in [9.17, 15) is 22.1 Å². The van der Waals surface area contributed by atoms with Crippen molar-refractivity contribution in [3.63, 3.8) is 0 Å². The molecule has 0 aliphatic rings. The first-order valence-corrected chi connectivity index (χ1v) is 12.0. The lowest BCUT2D eigenvalue weighted by Gasteiger charge is -2.23. The van der Waals surface area contributed by atoms with E-state index in [1.807, 2.05) is 133 Å². The maximum absolute atomic E-state index is 13.8. The number of hydrogen-bond acceptors (Lipinski definition) is 2. The summed E-state index contributed by atoms with van der Waals surface area (Å²) in [6.45, 7) is 2.39. The molecule has 0 spiro atoms. The Bertz CT molecular complexity index is 1220. The highest BCUT2D eigenvalue weighted by molar-refractivity contribution is 6.50. The molecular formula is C29H27BF4N2O2. The number of halogens is 4. The Morgan fingerprint density at radius 3 is 1.37 bits per heavy atom.